The van der Waals surface area contributed by atoms with E-state index in [1.165, 1.54) is 13.0 Å². The molecular formula is C21H26ClF3N6O. The molecule has 1 amide bonds. The molecule has 174 valence electrons. The molecule has 1 aliphatic heterocycles. The van der Waals surface area contributed by atoms with Crippen LogP contribution in [0.1, 0.15) is 43.0 Å². The van der Waals surface area contributed by atoms with Gasteiger partial charge < -0.3 is 21.3 Å². The first-order valence-electron chi connectivity index (χ1n) is 10.4. The number of aromatic nitrogens is 2. The summed E-state index contributed by atoms with van der Waals surface area (Å²) in [6, 6.07) is 3.37. The molecule has 4 N–H and O–H groups in total. The second-order valence-electron chi connectivity index (χ2n) is 8.10. The minimum absolute atomic E-state index is 0. The van der Waals surface area contributed by atoms with E-state index in [0.717, 1.165) is 67.9 Å². The van der Waals surface area contributed by atoms with Crippen molar-refractivity contribution in [2.75, 3.05) is 29.0 Å². The topological polar surface area (TPSA) is 96.2 Å². The number of halogens is 4. The van der Waals surface area contributed by atoms with E-state index in [-0.39, 0.29) is 41.7 Å². The van der Waals surface area contributed by atoms with Crippen LogP contribution >= 0.6 is 12.4 Å². The van der Waals surface area contributed by atoms with Gasteiger partial charge in [-0.05, 0) is 50.3 Å². The van der Waals surface area contributed by atoms with Gasteiger partial charge >= 0.3 is 6.18 Å². The van der Waals surface area contributed by atoms with Crippen molar-refractivity contribution in [3.8, 4) is 0 Å². The fraction of sp³-hybridized carbons (Fsp3) is 0.476. The van der Waals surface area contributed by atoms with Gasteiger partial charge in [0.05, 0.1) is 11.3 Å². The molecule has 1 saturated heterocycles. The number of nitrogens with one attached hydrogen (secondary N) is 2. The number of rotatable bonds is 4. The molecule has 0 spiro atoms. The molecular weight excluding hydrogens is 445 g/mol. The molecule has 2 aromatic rings. The summed E-state index contributed by atoms with van der Waals surface area (Å²) in [5, 5.41) is 5.88. The Labute approximate surface area is 190 Å². The third-order valence-corrected chi connectivity index (χ3v) is 5.58. The van der Waals surface area contributed by atoms with Crippen molar-refractivity contribution in [3.05, 3.63) is 35.0 Å². The molecule has 0 bridgehead atoms. The minimum Gasteiger partial charge on any atom is -0.399 e. The van der Waals surface area contributed by atoms with Gasteiger partial charge in [0.15, 0.2) is 0 Å². The third-order valence-electron chi connectivity index (χ3n) is 5.58. The van der Waals surface area contributed by atoms with Gasteiger partial charge in [0.1, 0.15) is 5.82 Å². The Hall–Kier alpha value is -2.75. The lowest BCUT2D eigenvalue weighted by Gasteiger charge is -2.35. The molecule has 1 fully saturated rings. The van der Waals surface area contributed by atoms with Crippen molar-refractivity contribution in [3.63, 3.8) is 0 Å². The van der Waals surface area contributed by atoms with Crippen LogP contribution in [0.3, 0.4) is 0 Å². The summed E-state index contributed by atoms with van der Waals surface area (Å²) in [4.78, 5) is 22.8. The zero-order valence-corrected chi connectivity index (χ0v) is 18.4. The van der Waals surface area contributed by atoms with Gasteiger partial charge in [0, 0.05) is 43.0 Å². The number of hydrogen-bond acceptors (Lipinski definition) is 6. The molecule has 0 saturated carbocycles. The van der Waals surface area contributed by atoms with E-state index in [1.807, 2.05) is 0 Å². The molecule has 0 radical (unpaired) electrons. The number of nitrogens with two attached hydrogens (primary N) is 1. The van der Waals surface area contributed by atoms with Crippen LogP contribution in [0.25, 0.3) is 0 Å². The molecule has 11 heteroatoms. The molecule has 2 aliphatic rings. The first kappa shape index (κ1) is 23.9. The van der Waals surface area contributed by atoms with Gasteiger partial charge in [0.2, 0.25) is 11.9 Å². The number of fused-ring (bicyclic) bond motifs is 1. The molecule has 7 nitrogen and oxygen atoms in total. The van der Waals surface area contributed by atoms with E-state index >= 15 is 0 Å². The van der Waals surface area contributed by atoms with Gasteiger partial charge in [-0.1, -0.05) is 0 Å². The first-order valence-corrected chi connectivity index (χ1v) is 10.4. The maximum atomic E-state index is 13.1. The number of carbonyl (C=O) groups excluding carboxylic acids is 1. The van der Waals surface area contributed by atoms with Crippen LogP contribution in [-0.2, 0) is 23.8 Å². The van der Waals surface area contributed by atoms with Crippen LogP contribution in [0.2, 0.25) is 0 Å². The number of nitrogen functional groups attached to an aromatic ring is 1. The fourth-order valence-corrected chi connectivity index (χ4v) is 4.32. The summed E-state index contributed by atoms with van der Waals surface area (Å²) in [7, 11) is 0. The van der Waals surface area contributed by atoms with Gasteiger partial charge in [-0.25, -0.2) is 4.98 Å². The smallest absolute Gasteiger partial charge is 0.399 e. The second kappa shape index (κ2) is 9.40. The number of carbonyl (C=O) groups is 1. The van der Waals surface area contributed by atoms with E-state index in [9.17, 15) is 18.0 Å². The number of benzene rings is 1. The van der Waals surface area contributed by atoms with Crippen LogP contribution < -0.4 is 21.3 Å². The molecule has 1 atom stereocenters. The van der Waals surface area contributed by atoms with Gasteiger partial charge in [-0.2, -0.15) is 18.2 Å². The molecule has 1 aromatic heterocycles. The zero-order valence-electron chi connectivity index (χ0n) is 17.6. The molecule has 1 unspecified atom stereocenters. The van der Waals surface area contributed by atoms with Gasteiger partial charge in [-0.15, -0.1) is 12.4 Å². The second-order valence-corrected chi connectivity index (χ2v) is 8.10. The van der Waals surface area contributed by atoms with E-state index < -0.39 is 11.7 Å². The van der Waals surface area contributed by atoms with Gasteiger partial charge in [0.25, 0.3) is 0 Å². The Morgan fingerprint density at radius 2 is 1.97 bits per heavy atom. The highest BCUT2D eigenvalue weighted by Crippen LogP contribution is 2.35. The van der Waals surface area contributed by atoms with Crippen molar-refractivity contribution in [2.45, 2.75) is 51.2 Å². The standard InChI is InChI=1S/C21H25F3N6O.ClH/c1-12(31)26-15-4-3-7-30(11-15)19-17-5-2-6-18(17)28-20(29-19)27-16-9-13(21(22,23)24)8-14(25)10-16;/h8-10,15H,2-7,11,25H2,1H3,(H,26,31)(H,27,28,29);1H. The lowest BCUT2D eigenvalue weighted by Crippen LogP contribution is -2.47. The highest BCUT2D eigenvalue weighted by Gasteiger charge is 2.31. The number of anilines is 4. The van der Waals surface area contributed by atoms with Gasteiger partial charge in [-0.3, -0.25) is 4.79 Å². The van der Waals surface area contributed by atoms with Crippen LogP contribution in [0, 0.1) is 0 Å². The van der Waals surface area contributed by atoms with E-state index in [2.05, 4.69) is 25.5 Å². The molecule has 4 rings (SSSR count). The average Bonchev–Trinajstić information content (AvgIpc) is 3.14. The van der Waals surface area contributed by atoms with E-state index in [0.29, 0.717) is 6.54 Å². The van der Waals surface area contributed by atoms with E-state index in [1.54, 1.807) is 0 Å². The zero-order chi connectivity index (χ0) is 22.2. The summed E-state index contributed by atoms with van der Waals surface area (Å²) < 4.78 is 39.4. The summed E-state index contributed by atoms with van der Waals surface area (Å²) >= 11 is 0. The summed E-state index contributed by atoms with van der Waals surface area (Å²) in [6.45, 7) is 2.94. The normalized spacial score (nSPS) is 18.0. The number of hydrogen-bond donors (Lipinski definition) is 3. The predicted octanol–water partition coefficient (Wildman–Crippen LogP) is 3.84. The quantitative estimate of drug-likeness (QED) is 0.588. The summed E-state index contributed by atoms with van der Waals surface area (Å²) in [6.07, 6.45) is -0.0627. The van der Waals surface area contributed by atoms with Crippen LogP contribution in [-0.4, -0.2) is 35.0 Å². The highest BCUT2D eigenvalue weighted by atomic mass is 35.5. The Morgan fingerprint density at radius 3 is 2.69 bits per heavy atom. The van der Waals surface area contributed by atoms with Crippen LogP contribution in [0.5, 0.6) is 0 Å². The Morgan fingerprint density at radius 1 is 1.19 bits per heavy atom. The van der Waals surface area contributed by atoms with Crippen molar-refractivity contribution < 1.29 is 18.0 Å². The summed E-state index contributed by atoms with van der Waals surface area (Å²) in [5.41, 5.74) is 7.04. The van der Waals surface area contributed by atoms with Crippen molar-refractivity contribution >= 4 is 41.5 Å². The minimum atomic E-state index is -4.50. The fourth-order valence-electron chi connectivity index (χ4n) is 4.32. The SMILES string of the molecule is CC(=O)NC1CCCN(c2nc(Nc3cc(N)cc(C(F)(F)F)c3)nc3c2CCC3)C1.Cl. The van der Waals surface area contributed by atoms with Crippen LogP contribution in [0.4, 0.5) is 36.3 Å². The number of alkyl halides is 3. The molecule has 1 aliphatic carbocycles. The van der Waals surface area contributed by atoms with Crippen molar-refractivity contribution in [1.29, 1.82) is 0 Å². The predicted molar refractivity (Wildman–Crippen MR) is 119 cm³/mol. The monoisotopic (exact) mass is 470 g/mol. The molecule has 32 heavy (non-hydrogen) atoms. The largest absolute Gasteiger partial charge is 0.416 e. The maximum Gasteiger partial charge on any atom is 0.416 e. The van der Waals surface area contributed by atoms with Crippen molar-refractivity contribution in [2.24, 2.45) is 0 Å². The number of aryl methyl sites for hydroxylation is 1. The third kappa shape index (κ3) is 5.35. The Balaban J connectivity index is 0.00000289. The maximum absolute atomic E-state index is 13.1. The van der Waals surface area contributed by atoms with Crippen molar-refractivity contribution in [1.82, 2.24) is 15.3 Å². The number of amides is 1. The number of piperidine rings is 1. The summed E-state index contributed by atoms with van der Waals surface area (Å²) in [5.74, 6) is 0.972. The van der Waals surface area contributed by atoms with Crippen LogP contribution in [0.15, 0.2) is 18.2 Å². The van der Waals surface area contributed by atoms with E-state index in [4.69, 9.17) is 5.73 Å². The molecule has 2 heterocycles. The first-order chi connectivity index (χ1) is 14.7. The average molecular weight is 471 g/mol. The lowest BCUT2D eigenvalue weighted by molar-refractivity contribution is -0.137. The number of nitrogens with zero attached hydrogens (tertiary/aromatic N) is 3. The Kier molecular flexibility index (Phi) is 7.02. The Bertz CT molecular complexity index is 1000. The lowest BCUT2D eigenvalue weighted by atomic mass is 10.0. The molecule has 1 aromatic carbocycles. The highest BCUT2D eigenvalue weighted by molar-refractivity contribution is 5.85.